The number of aryl methyl sites for hydroxylation is 1. The van der Waals surface area contributed by atoms with Crippen molar-refractivity contribution in [2.24, 2.45) is 0 Å². The monoisotopic (exact) mass is 385 g/mol. The first-order valence-electron chi connectivity index (χ1n) is 10.2. The van der Waals surface area contributed by atoms with Gasteiger partial charge in [0.2, 0.25) is 5.65 Å². The van der Waals surface area contributed by atoms with Crippen molar-refractivity contribution in [3.63, 3.8) is 0 Å². The lowest BCUT2D eigenvalue weighted by Crippen LogP contribution is -2.25. The fourth-order valence-corrected chi connectivity index (χ4v) is 4.15. The Morgan fingerprint density at radius 1 is 0.897 bits per heavy atom. The van der Waals surface area contributed by atoms with E-state index >= 15 is 0 Å². The summed E-state index contributed by atoms with van der Waals surface area (Å²) in [5.74, 6) is 1.69. The number of aromatic nitrogens is 4. The maximum Gasteiger partial charge on any atom is 0.204 e. The van der Waals surface area contributed by atoms with Crippen LogP contribution in [0.25, 0.3) is 16.7 Å². The highest BCUT2D eigenvalue weighted by Crippen LogP contribution is 2.27. The molecule has 0 unspecified atom stereocenters. The van der Waals surface area contributed by atoms with E-state index in [0.717, 1.165) is 41.4 Å². The first-order chi connectivity index (χ1) is 14.2. The van der Waals surface area contributed by atoms with Crippen LogP contribution in [0.3, 0.4) is 0 Å². The molecule has 29 heavy (non-hydrogen) atoms. The number of nitrogens with zero attached hydrogens (tertiary/aromatic N) is 5. The van der Waals surface area contributed by atoms with Crippen LogP contribution in [0, 0.1) is 6.92 Å². The lowest BCUT2D eigenvalue weighted by atomic mass is 10.0. The number of ketones is 1. The Balaban J connectivity index is 1.67. The third-order valence-corrected chi connectivity index (χ3v) is 5.67. The second-order valence-corrected chi connectivity index (χ2v) is 7.64. The van der Waals surface area contributed by atoms with Crippen LogP contribution in [0.15, 0.2) is 48.5 Å². The van der Waals surface area contributed by atoms with Crippen LogP contribution >= 0.6 is 0 Å². The van der Waals surface area contributed by atoms with E-state index in [0.29, 0.717) is 11.1 Å². The van der Waals surface area contributed by atoms with Crippen LogP contribution in [-0.2, 0) is 0 Å². The summed E-state index contributed by atoms with van der Waals surface area (Å²) in [6.07, 6.45) is 4.86. The predicted molar refractivity (Wildman–Crippen MR) is 114 cm³/mol. The maximum absolute atomic E-state index is 12.9. The van der Waals surface area contributed by atoms with Crippen molar-refractivity contribution in [3.8, 4) is 0 Å². The average Bonchev–Trinajstić information content (AvgIpc) is 2.97. The molecule has 0 spiro atoms. The van der Waals surface area contributed by atoms with Gasteiger partial charge in [0.05, 0.1) is 11.0 Å². The summed E-state index contributed by atoms with van der Waals surface area (Å²) >= 11 is 0. The summed E-state index contributed by atoms with van der Waals surface area (Å²) in [5.41, 5.74) is 3.80. The highest BCUT2D eigenvalue weighted by molar-refractivity contribution is 6.10. The van der Waals surface area contributed by atoms with E-state index < -0.39 is 0 Å². The zero-order chi connectivity index (χ0) is 19.8. The van der Waals surface area contributed by atoms with Gasteiger partial charge in [0.15, 0.2) is 11.6 Å². The highest BCUT2D eigenvalue weighted by atomic mass is 16.1. The van der Waals surface area contributed by atoms with Crippen molar-refractivity contribution >= 4 is 28.3 Å². The van der Waals surface area contributed by atoms with E-state index in [1.165, 1.54) is 25.7 Å². The third-order valence-electron chi connectivity index (χ3n) is 5.67. The van der Waals surface area contributed by atoms with E-state index in [-0.39, 0.29) is 5.78 Å². The molecule has 0 radical (unpaired) electrons. The molecule has 6 heteroatoms. The molecule has 4 aromatic rings. The maximum atomic E-state index is 12.9. The minimum atomic E-state index is 0.00275. The third kappa shape index (κ3) is 3.14. The smallest absolute Gasteiger partial charge is 0.204 e. The van der Waals surface area contributed by atoms with Crippen molar-refractivity contribution < 1.29 is 4.79 Å². The van der Waals surface area contributed by atoms with Crippen molar-refractivity contribution in [3.05, 3.63) is 65.5 Å². The Morgan fingerprint density at radius 3 is 2.41 bits per heavy atom. The number of hydrogen-bond acceptors (Lipinski definition) is 5. The Kier molecular flexibility index (Phi) is 4.46. The molecule has 146 valence electrons. The van der Waals surface area contributed by atoms with Crippen LogP contribution in [0.4, 0.5) is 5.82 Å². The molecule has 1 aliphatic rings. The zero-order valence-corrected chi connectivity index (χ0v) is 16.5. The van der Waals surface area contributed by atoms with Crippen LogP contribution in [-0.4, -0.2) is 38.5 Å². The lowest BCUT2D eigenvalue weighted by Gasteiger charge is -2.22. The summed E-state index contributed by atoms with van der Waals surface area (Å²) in [4.78, 5) is 20.2. The number of benzene rings is 2. The zero-order valence-electron chi connectivity index (χ0n) is 16.5. The Bertz CT molecular complexity index is 1190. The van der Waals surface area contributed by atoms with E-state index in [1.807, 2.05) is 59.9 Å². The number of hydrogen-bond donors (Lipinski definition) is 0. The average molecular weight is 385 g/mol. The molecule has 0 bridgehead atoms. The molecular formula is C23H23N5O. The largest absolute Gasteiger partial charge is 0.353 e. The molecular weight excluding hydrogens is 362 g/mol. The number of carbonyl (C=O) groups is 1. The minimum Gasteiger partial charge on any atom is -0.353 e. The lowest BCUT2D eigenvalue weighted by molar-refractivity contribution is 0.103. The Morgan fingerprint density at radius 2 is 1.66 bits per heavy atom. The van der Waals surface area contributed by atoms with Crippen molar-refractivity contribution in [2.45, 2.75) is 32.6 Å². The van der Waals surface area contributed by atoms with Crippen molar-refractivity contribution in [2.75, 3.05) is 18.0 Å². The standard InChI is InChI=1S/C23H23N5O/c1-16-25-26-23-22(27-13-7-2-3-8-14-27)24-19-12-11-18(15-20(19)28(16)23)21(29)17-9-5-4-6-10-17/h4-6,9-12,15H,2-3,7-8,13-14H2,1H3. The number of rotatable bonds is 3. The summed E-state index contributed by atoms with van der Waals surface area (Å²) in [6, 6.07) is 15.1. The normalized spacial score (nSPS) is 15.0. The first kappa shape index (κ1) is 17.8. The van der Waals surface area contributed by atoms with E-state index in [9.17, 15) is 4.79 Å². The first-order valence-corrected chi connectivity index (χ1v) is 10.2. The molecule has 0 N–H and O–H groups in total. The number of carbonyl (C=O) groups excluding carboxylic acids is 1. The van der Waals surface area contributed by atoms with Gasteiger partial charge < -0.3 is 4.90 Å². The van der Waals surface area contributed by atoms with Crippen LogP contribution in [0.5, 0.6) is 0 Å². The van der Waals surface area contributed by atoms with Gasteiger partial charge in [-0.25, -0.2) is 4.98 Å². The van der Waals surface area contributed by atoms with Gasteiger partial charge in [-0.15, -0.1) is 10.2 Å². The molecule has 0 aliphatic carbocycles. The summed E-state index contributed by atoms with van der Waals surface area (Å²) in [5, 5.41) is 8.75. The highest BCUT2D eigenvalue weighted by Gasteiger charge is 2.20. The van der Waals surface area contributed by atoms with Crippen LogP contribution in [0.2, 0.25) is 0 Å². The van der Waals surface area contributed by atoms with Crippen LogP contribution < -0.4 is 4.90 Å². The molecule has 1 fully saturated rings. The quantitative estimate of drug-likeness (QED) is 0.495. The van der Waals surface area contributed by atoms with Gasteiger partial charge in [-0.1, -0.05) is 43.2 Å². The molecule has 6 nitrogen and oxygen atoms in total. The van der Waals surface area contributed by atoms with Crippen molar-refractivity contribution in [1.82, 2.24) is 19.6 Å². The van der Waals surface area contributed by atoms with Gasteiger partial charge >= 0.3 is 0 Å². The fraction of sp³-hybridized carbons (Fsp3) is 0.304. The Labute approximate surface area is 169 Å². The minimum absolute atomic E-state index is 0.00275. The molecule has 3 heterocycles. The second kappa shape index (κ2) is 7.28. The second-order valence-electron chi connectivity index (χ2n) is 7.64. The molecule has 1 saturated heterocycles. The van der Waals surface area contributed by atoms with Gasteiger partial charge in [-0.3, -0.25) is 9.20 Å². The number of fused-ring (bicyclic) bond motifs is 3. The fourth-order valence-electron chi connectivity index (χ4n) is 4.15. The van der Waals surface area contributed by atoms with E-state index in [1.54, 1.807) is 0 Å². The van der Waals surface area contributed by atoms with E-state index in [2.05, 4.69) is 15.1 Å². The Hall–Kier alpha value is -3.28. The van der Waals surface area contributed by atoms with Gasteiger partial charge in [0.1, 0.15) is 5.82 Å². The molecule has 5 rings (SSSR count). The summed E-state index contributed by atoms with van der Waals surface area (Å²) in [7, 11) is 0. The van der Waals surface area contributed by atoms with Gasteiger partial charge in [-0.05, 0) is 38.0 Å². The van der Waals surface area contributed by atoms with Gasteiger partial charge in [0, 0.05) is 24.2 Å². The molecule has 0 saturated carbocycles. The molecule has 1 aliphatic heterocycles. The molecule has 2 aromatic heterocycles. The van der Waals surface area contributed by atoms with Gasteiger partial charge in [-0.2, -0.15) is 0 Å². The van der Waals surface area contributed by atoms with Gasteiger partial charge in [0.25, 0.3) is 0 Å². The van der Waals surface area contributed by atoms with E-state index in [4.69, 9.17) is 4.98 Å². The van der Waals surface area contributed by atoms with Crippen LogP contribution in [0.1, 0.15) is 47.4 Å². The number of anilines is 1. The summed E-state index contributed by atoms with van der Waals surface area (Å²) < 4.78 is 2.03. The topological polar surface area (TPSA) is 63.4 Å². The molecule has 0 atom stereocenters. The molecule has 0 amide bonds. The van der Waals surface area contributed by atoms with Crippen molar-refractivity contribution in [1.29, 1.82) is 0 Å². The summed E-state index contributed by atoms with van der Waals surface area (Å²) in [6.45, 7) is 3.92. The SMILES string of the molecule is Cc1nnc2c(N3CCCCCC3)nc3ccc(C(=O)c4ccccc4)cc3n12. The molecule has 2 aromatic carbocycles. The predicted octanol–water partition coefficient (Wildman–Crippen LogP) is 4.20.